The van der Waals surface area contributed by atoms with E-state index >= 15 is 0 Å². The Morgan fingerprint density at radius 3 is 2.86 bits per heavy atom. The van der Waals surface area contributed by atoms with Crippen LogP contribution in [0, 0.1) is 0 Å². The fraction of sp³-hybridized carbons (Fsp3) is 0.200. The molecule has 0 saturated carbocycles. The van der Waals surface area contributed by atoms with Crippen molar-refractivity contribution >= 4 is 22.0 Å². The van der Waals surface area contributed by atoms with Crippen molar-refractivity contribution in [1.82, 2.24) is 0 Å². The first-order chi connectivity index (χ1) is 6.69. The van der Waals surface area contributed by atoms with E-state index in [-0.39, 0.29) is 5.75 Å². The maximum Gasteiger partial charge on any atom is 0.161 e. The smallest absolute Gasteiger partial charge is 0.161 e. The molecule has 4 heteroatoms. The molecule has 0 bridgehead atoms. The van der Waals surface area contributed by atoms with Gasteiger partial charge < -0.3 is 15.6 Å². The normalized spacial score (nSPS) is 10.8. The molecule has 1 aromatic rings. The zero-order valence-corrected chi connectivity index (χ0v) is 9.41. The average Bonchev–Trinajstić information content (AvgIpc) is 2.18. The average molecular weight is 258 g/mol. The van der Waals surface area contributed by atoms with E-state index in [0.717, 1.165) is 10.0 Å². The van der Waals surface area contributed by atoms with Crippen LogP contribution in [0.3, 0.4) is 0 Å². The van der Waals surface area contributed by atoms with Crippen LogP contribution in [0.15, 0.2) is 22.7 Å². The number of phenols is 1. The molecule has 0 atom stereocenters. The third-order valence-electron chi connectivity index (χ3n) is 1.73. The first-order valence-electron chi connectivity index (χ1n) is 4.12. The minimum absolute atomic E-state index is 0.118. The summed E-state index contributed by atoms with van der Waals surface area (Å²) in [5.41, 5.74) is 6.20. The fourth-order valence-corrected chi connectivity index (χ4v) is 1.50. The van der Waals surface area contributed by atoms with Crippen molar-refractivity contribution in [2.45, 2.75) is 0 Å². The Kier molecular flexibility index (Phi) is 3.98. The summed E-state index contributed by atoms with van der Waals surface area (Å²) >= 11 is 3.37. The SMILES string of the molecule is COc1cc(Br)c(C=CCN)cc1O. The van der Waals surface area contributed by atoms with Gasteiger partial charge in [-0.3, -0.25) is 0 Å². The molecule has 0 fully saturated rings. The number of rotatable bonds is 3. The van der Waals surface area contributed by atoms with Gasteiger partial charge in [0.25, 0.3) is 0 Å². The number of methoxy groups -OCH3 is 1. The molecular weight excluding hydrogens is 246 g/mol. The highest BCUT2D eigenvalue weighted by atomic mass is 79.9. The second-order valence-corrected chi connectivity index (χ2v) is 3.54. The molecule has 0 heterocycles. The summed E-state index contributed by atoms with van der Waals surface area (Å²) in [6.07, 6.45) is 3.65. The Hall–Kier alpha value is -1.00. The van der Waals surface area contributed by atoms with Crippen molar-refractivity contribution in [2.24, 2.45) is 5.73 Å². The topological polar surface area (TPSA) is 55.5 Å². The molecule has 3 N–H and O–H groups in total. The first-order valence-corrected chi connectivity index (χ1v) is 4.91. The van der Waals surface area contributed by atoms with Gasteiger partial charge in [-0.25, -0.2) is 0 Å². The lowest BCUT2D eigenvalue weighted by atomic mass is 10.2. The molecule has 3 nitrogen and oxygen atoms in total. The lowest BCUT2D eigenvalue weighted by molar-refractivity contribution is 0.373. The van der Waals surface area contributed by atoms with Gasteiger partial charge in [0, 0.05) is 11.0 Å². The molecule has 76 valence electrons. The summed E-state index contributed by atoms with van der Waals surface area (Å²) in [6, 6.07) is 3.33. The molecule has 1 aromatic carbocycles. The molecule has 0 amide bonds. The van der Waals surface area contributed by atoms with Gasteiger partial charge in [0.1, 0.15) is 0 Å². The van der Waals surface area contributed by atoms with Crippen molar-refractivity contribution < 1.29 is 9.84 Å². The number of aromatic hydroxyl groups is 1. The van der Waals surface area contributed by atoms with E-state index in [1.165, 1.54) is 7.11 Å². The molecule has 0 aliphatic carbocycles. The van der Waals surface area contributed by atoms with Gasteiger partial charge in [0.15, 0.2) is 11.5 Å². The maximum absolute atomic E-state index is 9.50. The molecule has 1 rings (SSSR count). The minimum atomic E-state index is 0.118. The molecule has 0 spiro atoms. The van der Waals surface area contributed by atoms with Crippen molar-refractivity contribution in [3.05, 3.63) is 28.2 Å². The minimum Gasteiger partial charge on any atom is -0.504 e. The Bertz CT molecular complexity index is 350. The standard InChI is InChI=1S/C10H12BrNO2/c1-14-10-6-8(11)7(3-2-4-12)5-9(10)13/h2-3,5-6,13H,4,12H2,1H3. The third-order valence-corrected chi connectivity index (χ3v) is 2.42. The monoisotopic (exact) mass is 257 g/mol. The van der Waals surface area contributed by atoms with Gasteiger partial charge >= 0.3 is 0 Å². The fourth-order valence-electron chi connectivity index (χ4n) is 1.05. The van der Waals surface area contributed by atoms with Gasteiger partial charge in [0.05, 0.1) is 7.11 Å². The molecule has 0 aliphatic heterocycles. The predicted octanol–water partition coefficient (Wildman–Crippen LogP) is 2.14. The lowest BCUT2D eigenvalue weighted by Crippen LogP contribution is -1.92. The van der Waals surface area contributed by atoms with Crippen LogP contribution < -0.4 is 10.5 Å². The number of hydrogen-bond donors (Lipinski definition) is 2. The van der Waals surface area contributed by atoms with Crippen LogP contribution in [-0.2, 0) is 0 Å². The van der Waals surface area contributed by atoms with E-state index in [9.17, 15) is 5.11 Å². The highest BCUT2D eigenvalue weighted by Crippen LogP contribution is 2.32. The maximum atomic E-state index is 9.50. The summed E-state index contributed by atoms with van der Waals surface area (Å²) in [6.45, 7) is 0.471. The highest BCUT2D eigenvalue weighted by molar-refractivity contribution is 9.10. The number of nitrogens with two attached hydrogens (primary N) is 1. The summed E-state index contributed by atoms with van der Waals surface area (Å²) in [5.74, 6) is 0.564. The molecule has 14 heavy (non-hydrogen) atoms. The molecule has 0 unspecified atom stereocenters. The van der Waals surface area contributed by atoms with Crippen LogP contribution >= 0.6 is 15.9 Å². The van der Waals surface area contributed by atoms with E-state index in [2.05, 4.69) is 15.9 Å². The van der Waals surface area contributed by atoms with E-state index in [1.807, 2.05) is 12.2 Å². The van der Waals surface area contributed by atoms with E-state index in [4.69, 9.17) is 10.5 Å². The zero-order valence-electron chi connectivity index (χ0n) is 7.83. The molecule has 0 saturated heterocycles. The zero-order chi connectivity index (χ0) is 10.6. The molecule has 0 radical (unpaired) electrons. The molecule has 0 aromatic heterocycles. The second kappa shape index (κ2) is 5.02. The van der Waals surface area contributed by atoms with Gasteiger partial charge in [-0.1, -0.05) is 28.1 Å². The van der Waals surface area contributed by atoms with Crippen LogP contribution in [0.4, 0.5) is 0 Å². The lowest BCUT2D eigenvalue weighted by Gasteiger charge is -2.06. The van der Waals surface area contributed by atoms with Crippen LogP contribution in [0.25, 0.3) is 6.08 Å². The Morgan fingerprint density at radius 1 is 1.57 bits per heavy atom. The van der Waals surface area contributed by atoms with Gasteiger partial charge in [0.2, 0.25) is 0 Å². The largest absolute Gasteiger partial charge is 0.504 e. The van der Waals surface area contributed by atoms with Crippen LogP contribution in [0.5, 0.6) is 11.5 Å². The van der Waals surface area contributed by atoms with Crippen molar-refractivity contribution in [3.8, 4) is 11.5 Å². The molecular formula is C10H12BrNO2. The van der Waals surface area contributed by atoms with Crippen LogP contribution in [-0.4, -0.2) is 18.8 Å². The van der Waals surface area contributed by atoms with Crippen molar-refractivity contribution in [2.75, 3.05) is 13.7 Å². The molecule has 0 aliphatic rings. The number of ether oxygens (including phenoxy) is 1. The summed E-state index contributed by atoms with van der Waals surface area (Å²) in [7, 11) is 1.51. The van der Waals surface area contributed by atoms with Crippen molar-refractivity contribution in [1.29, 1.82) is 0 Å². The van der Waals surface area contributed by atoms with Gasteiger partial charge in [-0.2, -0.15) is 0 Å². The summed E-state index contributed by atoms with van der Waals surface area (Å²) < 4.78 is 5.81. The Labute approximate surface area is 91.3 Å². The van der Waals surface area contributed by atoms with E-state index in [1.54, 1.807) is 12.1 Å². The number of halogens is 1. The van der Waals surface area contributed by atoms with Crippen molar-refractivity contribution in [3.63, 3.8) is 0 Å². The summed E-state index contributed by atoms with van der Waals surface area (Å²) in [5, 5.41) is 9.50. The number of hydrogen-bond acceptors (Lipinski definition) is 3. The quantitative estimate of drug-likeness (QED) is 0.873. The van der Waals surface area contributed by atoms with Gasteiger partial charge in [-0.05, 0) is 17.7 Å². The predicted molar refractivity (Wildman–Crippen MR) is 60.4 cm³/mol. The van der Waals surface area contributed by atoms with Crippen LogP contribution in [0.1, 0.15) is 5.56 Å². The Balaban J connectivity index is 3.08. The first kappa shape index (κ1) is 11.1. The number of phenolic OH excluding ortho intramolecular Hbond substituents is 1. The Morgan fingerprint density at radius 2 is 2.29 bits per heavy atom. The van der Waals surface area contributed by atoms with E-state index in [0.29, 0.717) is 12.3 Å². The second-order valence-electron chi connectivity index (χ2n) is 2.68. The highest BCUT2D eigenvalue weighted by Gasteiger charge is 2.05. The van der Waals surface area contributed by atoms with E-state index < -0.39 is 0 Å². The van der Waals surface area contributed by atoms with Gasteiger partial charge in [-0.15, -0.1) is 0 Å². The van der Waals surface area contributed by atoms with Crippen LogP contribution in [0.2, 0.25) is 0 Å². The third kappa shape index (κ3) is 2.49. The number of benzene rings is 1. The summed E-state index contributed by atoms with van der Waals surface area (Å²) in [4.78, 5) is 0.